The standard InChI is InChI=1S/C18H28F3N5O/c1-4-13-8-15(18(19,20)21)26-16(23-13)14(9-22-26)17(27)25-7-5-6-12(11-25)10-24(2)3/h9,12-13,15,23H,4-8,10-11H2,1-3H3/t12-,13-,15-/m0/s1. The minimum absolute atomic E-state index is 0.0725. The number of likely N-dealkylation sites (tertiary alicyclic amines) is 1. The molecule has 152 valence electrons. The lowest BCUT2D eigenvalue weighted by molar-refractivity contribution is -0.173. The summed E-state index contributed by atoms with van der Waals surface area (Å²) < 4.78 is 41.4. The maximum absolute atomic E-state index is 13.5. The molecule has 1 N–H and O–H groups in total. The number of hydrogen-bond donors (Lipinski definition) is 1. The second kappa shape index (κ2) is 7.69. The van der Waals surface area contributed by atoms with Gasteiger partial charge in [-0.25, -0.2) is 4.68 Å². The Balaban J connectivity index is 1.84. The smallest absolute Gasteiger partial charge is 0.367 e. The van der Waals surface area contributed by atoms with Crippen LogP contribution in [0.25, 0.3) is 0 Å². The highest BCUT2D eigenvalue weighted by Crippen LogP contribution is 2.41. The van der Waals surface area contributed by atoms with Gasteiger partial charge in [-0.2, -0.15) is 18.3 Å². The fourth-order valence-electron chi connectivity index (χ4n) is 4.15. The zero-order valence-electron chi connectivity index (χ0n) is 16.1. The summed E-state index contributed by atoms with van der Waals surface area (Å²) in [4.78, 5) is 16.9. The molecule has 6 nitrogen and oxygen atoms in total. The summed E-state index contributed by atoms with van der Waals surface area (Å²) >= 11 is 0. The first kappa shape index (κ1) is 20.0. The van der Waals surface area contributed by atoms with E-state index in [1.165, 1.54) is 6.20 Å². The SMILES string of the molecule is CC[C@H]1C[C@@H](C(F)(F)F)n2ncc(C(=O)N3CCC[C@@H](CN(C)C)C3)c2N1. The maximum Gasteiger partial charge on any atom is 0.410 e. The molecule has 3 heterocycles. The van der Waals surface area contributed by atoms with Crippen molar-refractivity contribution in [2.24, 2.45) is 5.92 Å². The quantitative estimate of drug-likeness (QED) is 0.863. The summed E-state index contributed by atoms with van der Waals surface area (Å²) in [6.45, 7) is 3.99. The molecule has 27 heavy (non-hydrogen) atoms. The van der Waals surface area contributed by atoms with E-state index in [1.54, 1.807) is 4.90 Å². The topological polar surface area (TPSA) is 53.4 Å². The Kier molecular flexibility index (Phi) is 5.69. The van der Waals surface area contributed by atoms with Crippen LogP contribution in [0, 0.1) is 5.92 Å². The van der Waals surface area contributed by atoms with Crippen LogP contribution >= 0.6 is 0 Å². The van der Waals surface area contributed by atoms with E-state index in [2.05, 4.69) is 15.3 Å². The summed E-state index contributed by atoms with van der Waals surface area (Å²) in [5.74, 6) is 0.350. The van der Waals surface area contributed by atoms with Gasteiger partial charge in [-0.3, -0.25) is 4.79 Å². The highest BCUT2D eigenvalue weighted by atomic mass is 19.4. The molecule has 0 aliphatic carbocycles. The number of anilines is 1. The number of alkyl halides is 3. The van der Waals surface area contributed by atoms with E-state index >= 15 is 0 Å². The van der Waals surface area contributed by atoms with Crippen LogP contribution in [-0.4, -0.2) is 71.4 Å². The summed E-state index contributed by atoms with van der Waals surface area (Å²) in [5, 5.41) is 7.04. The number of hydrogen-bond acceptors (Lipinski definition) is 4. The molecule has 9 heteroatoms. The first-order valence-corrected chi connectivity index (χ1v) is 9.55. The van der Waals surface area contributed by atoms with E-state index in [-0.39, 0.29) is 29.8 Å². The van der Waals surface area contributed by atoms with Crippen molar-refractivity contribution in [1.29, 1.82) is 0 Å². The van der Waals surface area contributed by atoms with Gasteiger partial charge in [-0.1, -0.05) is 6.92 Å². The van der Waals surface area contributed by atoms with Gasteiger partial charge >= 0.3 is 6.18 Å². The molecule has 0 spiro atoms. The van der Waals surface area contributed by atoms with Crippen molar-refractivity contribution in [1.82, 2.24) is 19.6 Å². The van der Waals surface area contributed by atoms with Gasteiger partial charge in [0.2, 0.25) is 0 Å². The van der Waals surface area contributed by atoms with Gasteiger partial charge in [-0.15, -0.1) is 0 Å². The van der Waals surface area contributed by atoms with Crippen LogP contribution in [-0.2, 0) is 0 Å². The molecular formula is C18H28F3N5O. The Hall–Kier alpha value is -1.77. The fourth-order valence-corrected chi connectivity index (χ4v) is 4.15. The van der Waals surface area contributed by atoms with Gasteiger partial charge in [0.15, 0.2) is 6.04 Å². The second-order valence-corrected chi connectivity index (χ2v) is 7.92. The molecule has 3 rings (SSSR count). The third-order valence-corrected chi connectivity index (χ3v) is 5.47. The lowest BCUT2D eigenvalue weighted by Gasteiger charge is -2.35. The highest BCUT2D eigenvalue weighted by molar-refractivity contribution is 5.99. The van der Waals surface area contributed by atoms with E-state index in [4.69, 9.17) is 0 Å². The predicted molar refractivity (Wildman–Crippen MR) is 96.8 cm³/mol. The van der Waals surface area contributed by atoms with Gasteiger partial charge in [0.05, 0.1) is 6.20 Å². The monoisotopic (exact) mass is 387 g/mol. The molecule has 0 unspecified atom stereocenters. The van der Waals surface area contributed by atoms with E-state index in [9.17, 15) is 18.0 Å². The van der Waals surface area contributed by atoms with Crippen molar-refractivity contribution in [2.75, 3.05) is 39.0 Å². The summed E-state index contributed by atoms with van der Waals surface area (Å²) in [5.41, 5.74) is 0.243. The van der Waals surface area contributed by atoms with Crippen molar-refractivity contribution in [2.45, 2.75) is 50.9 Å². The lowest BCUT2D eigenvalue weighted by Crippen LogP contribution is -2.43. The molecule has 0 radical (unpaired) electrons. The number of nitrogens with zero attached hydrogens (tertiary/aromatic N) is 4. The molecule has 1 aromatic rings. The second-order valence-electron chi connectivity index (χ2n) is 7.92. The molecule has 1 aromatic heterocycles. The van der Waals surface area contributed by atoms with Crippen LogP contribution in [0.5, 0.6) is 0 Å². The van der Waals surface area contributed by atoms with E-state index in [0.717, 1.165) is 24.1 Å². The van der Waals surface area contributed by atoms with Gasteiger partial charge in [0.1, 0.15) is 11.4 Å². The average Bonchev–Trinajstić information content (AvgIpc) is 3.02. The maximum atomic E-state index is 13.5. The number of aromatic nitrogens is 2. The van der Waals surface area contributed by atoms with Crippen molar-refractivity contribution < 1.29 is 18.0 Å². The molecule has 3 atom stereocenters. The van der Waals surface area contributed by atoms with Crippen LogP contribution in [0.1, 0.15) is 49.0 Å². The van der Waals surface area contributed by atoms with Crippen LogP contribution in [0.4, 0.5) is 19.0 Å². The number of carbonyl (C=O) groups excluding carboxylic acids is 1. The molecule has 1 amide bonds. The summed E-state index contributed by atoms with van der Waals surface area (Å²) in [7, 11) is 4.00. The van der Waals surface area contributed by atoms with Crippen LogP contribution in [0.3, 0.4) is 0 Å². The Labute approximate surface area is 157 Å². The third kappa shape index (κ3) is 4.23. The minimum Gasteiger partial charge on any atom is -0.367 e. The van der Waals surface area contributed by atoms with Crippen molar-refractivity contribution in [3.63, 3.8) is 0 Å². The molecule has 0 bridgehead atoms. The number of rotatable bonds is 4. The average molecular weight is 387 g/mol. The van der Waals surface area contributed by atoms with E-state index in [0.29, 0.717) is 25.4 Å². The molecule has 0 saturated carbocycles. The number of amides is 1. The predicted octanol–water partition coefficient (Wildman–Crippen LogP) is 2.99. The zero-order valence-corrected chi connectivity index (χ0v) is 16.1. The normalized spacial score (nSPS) is 26.0. The largest absolute Gasteiger partial charge is 0.410 e. The fraction of sp³-hybridized carbons (Fsp3) is 0.778. The van der Waals surface area contributed by atoms with Gasteiger partial charge in [0, 0.05) is 25.7 Å². The molecule has 2 aliphatic rings. The van der Waals surface area contributed by atoms with E-state index in [1.807, 2.05) is 21.0 Å². The molecule has 1 fully saturated rings. The Bertz CT molecular complexity index is 672. The third-order valence-electron chi connectivity index (χ3n) is 5.47. The summed E-state index contributed by atoms with van der Waals surface area (Å²) in [6.07, 6.45) is -0.656. The van der Waals surface area contributed by atoms with Crippen LogP contribution in [0.15, 0.2) is 6.20 Å². The molecule has 1 saturated heterocycles. The Morgan fingerprint density at radius 1 is 1.41 bits per heavy atom. The zero-order chi connectivity index (χ0) is 19.8. The van der Waals surface area contributed by atoms with Crippen molar-refractivity contribution >= 4 is 11.7 Å². The number of piperidine rings is 1. The number of halogens is 3. The molecular weight excluding hydrogens is 359 g/mol. The van der Waals surface area contributed by atoms with Gasteiger partial charge in [0.25, 0.3) is 5.91 Å². The minimum atomic E-state index is -4.39. The van der Waals surface area contributed by atoms with E-state index < -0.39 is 12.2 Å². The van der Waals surface area contributed by atoms with Crippen molar-refractivity contribution in [3.8, 4) is 0 Å². The highest BCUT2D eigenvalue weighted by Gasteiger charge is 2.47. The van der Waals surface area contributed by atoms with Crippen LogP contribution in [0.2, 0.25) is 0 Å². The number of nitrogens with one attached hydrogen (secondary N) is 1. The van der Waals surface area contributed by atoms with Gasteiger partial charge < -0.3 is 15.1 Å². The van der Waals surface area contributed by atoms with Crippen LogP contribution < -0.4 is 5.32 Å². The number of fused-ring (bicyclic) bond motifs is 1. The summed E-state index contributed by atoms with van der Waals surface area (Å²) in [6, 6.07) is -2.02. The Morgan fingerprint density at radius 3 is 2.78 bits per heavy atom. The lowest BCUT2D eigenvalue weighted by atomic mass is 9.97. The van der Waals surface area contributed by atoms with Crippen molar-refractivity contribution in [3.05, 3.63) is 11.8 Å². The Morgan fingerprint density at radius 2 is 2.15 bits per heavy atom. The van der Waals surface area contributed by atoms with Gasteiger partial charge in [-0.05, 0) is 45.7 Å². The first-order chi connectivity index (χ1) is 12.7. The molecule has 2 aliphatic heterocycles. The number of carbonyl (C=O) groups is 1. The first-order valence-electron chi connectivity index (χ1n) is 9.55. The molecule has 0 aromatic carbocycles.